The molecule has 2 aromatic rings. The van der Waals surface area contributed by atoms with Crippen LogP contribution in [0.5, 0.6) is 0 Å². The molecule has 1 heterocycles. The fraction of sp³-hybridized carbons (Fsp3) is 0.214. The number of anilines is 1. The molecule has 0 bridgehead atoms. The van der Waals surface area contributed by atoms with E-state index >= 15 is 0 Å². The highest BCUT2D eigenvalue weighted by Crippen LogP contribution is 2.21. The van der Waals surface area contributed by atoms with Gasteiger partial charge in [-0.3, -0.25) is 0 Å². The first-order chi connectivity index (χ1) is 8.60. The van der Waals surface area contributed by atoms with Crippen molar-refractivity contribution in [2.75, 3.05) is 5.32 Å². The lowest BCUT2D eigenvalue weighted by molar-refractivity contribution is 0.902. The standard InChI is InChI=1S/C14H14BrN3/c1-10-3-4-12(6-14(10)15)17-8-11-5-13(7-16)18(2)9-11/h3-6,9,17H,8H2,1-2H3. The van der Waals surface area contributed by atoms with Crippen LogP contribution in [-0.2, 0) is 13.6 Å². The number of aromatic nitrogens is 1. The molecule has 0 aliphatic carbocycles. The van der Waals surface area contributed by atoms with Gasteiger partial charge in [0.15, 0.2) is 0 Å². The van der Waals surface area contributed by atoms with Crippen LogP contribution < -0.4 is 5.32 Å². The summed E-state index contributed by atoms with van der Waals surface area (Å²) in [5, 5.41) is 12.2. The number of rotatable bonds is 3. The van der Waals surface area contributed by atoms with E-state index in [1.807, 2.05) is 29.9 Å². The van der Waals surface area contributed by atoms with Crippen molar-refractivity contribution in [3.8, 4) is 6.07 Å². The smallest absolute Gasteiger partial charge is 0.120 e. The molecule has 0 saturated carbocycles. The molecular weight excluding hydrogens is 290 g/mol. The lowest BCUT2D eigenvalue weighted by Crippen LogP contribution is -1.98. The molecule has 0 fully saturated rings. The van der Waals surface area contributed by atoms with E-state index in [0.29, 0.717) is 12.2 Å². The molecule has 0 atom stereocenters. The van der Waals surface area contributed by atoms with Gasteiger partial charge >= 0.3 is 0 Å². The minimum Gasteiger partial charge on any atom is -0.381 e. The van der Waals surface area contributed by atoms with E-state index in [4.69, 9.17) is 5.26 Å². The maximum absolute atomic E-state index is 8.89. The summed E-state index contributed by atoms with van der Waals surface area (Å²) in [7, 11) is 1.88. The number of nitrogens with zero attached hydrogens (tertiary/aromatic N) is 2. The van der Waals surface area contributed by atoms with Crippen molar-refractivity contribution in [2.45, 2.75) is 13.5 Å². The molecule has 18 heavy (non-hydrogen) atoms. The number of hydrogen-bond donors (Lipinski definition) is 1. The summed E-state index contributed by atoms with van der Waals surface area (Å²) in [6, 6.07) is 10.2. The monoisotopic (exact) mass is 303 g/mol. The fourth-order valence-corrected chi connectivity index (χ4v) is 2.13. The number of benzene rings is 1. The summed E-state index contributed by atoms with van der Waals surface area (Å²) in [5.41, 5.74) is 4.06. The summed E-state index contributed by atoms with van der Waals surface area (Å²) in [6.07, 6.45) is 1.97. The van der Waals surface area contributed by atoms with Crippen LogP contribution in [-0.4, -0.2) is 4.57 Å². The van der Waals surface area contributed by atoms with E-state index < -0.39 is 0 Å². The lowest BCUT2D eigenvalue weighted by Gasteiger charge is -2.06. The molecule has 0 amide bonds. The van der Waals surface area contributed by atoms with Gasteiger partial charge < -0.3 is 9.88 Å². The molecule has 3 nitrogen and oxygen atoms in total. The van der Waals surface area contributed by atoms with Gasteiger partial charge in [0.2, 0.25) is 0 Å². The van der Waals surface area contributed by atoms with Gasteiger partial charge in [-0.1, -0.05) is 22.0 Å². The Labute approximate surface area is 115 Å². The summed E-state index contributed by atoms with van der Waals surface area (Å²) in [4.78, 5) is 0. The molecule has 0 aliphatic heterocycles. The molecule has 1 aromatic carbocycles. The minimum absolute atomic E-state index is 0.678. The van der Waals surface area contributed by atoms with Crippen molar-refractivity contribution in [2.24, 2.45) is 7.05 Å². The third-order valence-electron chi connectivity index (χ3n) is 2.84. The number of nitriles is 1. The van der Waals surface area contributed by atoms with E-state index in [0.717, 1.165) is 15.7 Å². The second kappa shape index (κ2) is 5.28. The van der Waals surface area contributed by atoms with Crippen LogP contribution in [0.15, 0.2) is 34.9 Å². The SMILES string of the molecule is Cc1ccc(NCc2cc(C#N)n(C)c2)cc1Br. The quantitative estimate of drug-likeness (QED) is 0.941. The molecule has 1 N–H and O–H groups in total. The summed E-state index contributed by atoms with van der Waals surface area (Å²) < 4.78 is 2.93. The second-order valence-electron chi connectivity index (χ2n) is 4.27. The van der Waals surface area contributed by atoms with Gasteiger partial charge in [-0.05, 0) is 36.2 Å². The molecule has 4 heteroatoms. The first-order valence-electron chi connectivity index (χ1n) is 5.65. The lowest BCUT2D eigenvalue weighted by atomic mass is 10.2. The average Bonchev–Trinajstić information content (AvgIpc) is 2.71. The summed E-state index contributed by atoms with van der Waals surface area (Å²) >= 11 is 3.51. The zero-order chi connectivity index (χ0) is 13.1. The fourth-order valence-electron chi connectivity index (χ4n) is 1.75. The molecule has 1 aromatic heterocycles. The Balaban J connectivity index is 2.07. The third-order valence-corrected chi connectivity index (χ3v) is 3.70. The van der Waals surface area contributed by atoms with Crippen LogP contribution in [0.2, 0.25) is 0 Å². The predicted molar refractivity (Wildman–Crippen MR) is 76.3 cm³/mol. The Morgan fingerprint density at radius 1 is 1.39 bits per heavy atom. The first kappa shape index (κ1) is 12.7. The normalized spacial score (nSPS) is 10.1. The van der Waals surface area contributed by atoms with Crippen molar-refractivity contribution < 1.29 is 0 Å². The number of aryl methyl sites for hydroxylation is 2. The maximum atomic E-state index is 8.89. The maximum Gasteiger partial charge on any atom is 0.120 e. The Kier molecular flexibility index (Phi) is 3.73. The third kappa shape index (κ3) is 2.74. The molecular formula is C14H14BrN3. The van der Waals surface area contributed by atoms with E-state index in [2.05, 4.69) is 46.4 Å². The van der Waals surface area contributed by atoms with Gasteiger partial charge in [-0.15, -0.1) is 0 Å². The van der Waals surface area contributed by atoms with Crippen molar-refractivity contribution in [3.63, 3.8) is 0 Å². The van der Waals surface area contributed by atoms with Gasteiger partial charge in [-0.2, -0.15) is 5.26 Å². The molecule has 0 spiro atoms. The Morgan fingerprint density at radius 2 is 2.17 bits per heavy atom. The highest BCUT2D eigenvalue weighted by molar-refractivity contribution is 9.10. The van der Waals surface area contributed by atoms with Crippen LogP contribution in [0.25, 0.3) is 0 Å². The van der Waals surface area contributed by atoms with Gasteiger partial charge in [-0.25, -0.2) is 0 Å². The predicted octanol–water partition coefficient (Wildman–Crippen LogP) is 3.58. The Bertz CT molecular complexity index is 608. The van der Waals surface area contributed by atoms with Gasteiger partial charge in [0, 0.05) is 29.9 Å². The highest BCUT2D eigenvalue weighted by atomic mass is 79.9. The topological polar surface area (TPSA) is 40.8 Å². The molecule has 2 rings (SSSR count). The molecule has 0 unspecified atom stereocenters. The second-order valence-corrected chi connectivity index (χ2v) is 5.13. The Morgan fingerprint density at radius 3 is 2.78 bits per heavy atom. The van der Waals surface area contributed by atoms with E-state index in [-0.39, 0.29) is 0 Å². The van der Waals surface area contributed by atoms with Gasteiger partial charge in [0.25, 0.3) is 0 Å². The largest absolute Gasteiger partial charge is 0.381 e. The molecule has 0 radical (unpaired) electrons. The van der Waals surface area contributed by atoms with Gasteiger partial charge in [0.1, 0.15) is 11.8 Å². The van der Waals surface area contributed by atoms with Crippen LogP contribution in [0.4, 0.5) is 5.69 Å². The summed E-state index contributed by atoms with van der Waals surface area (Å²) in [5.74, 6) is 0. The van der Waals surface area contributed by atoms with Gasteiger partial charge in [0.05, 0.1) is 0 Å². The molecule has 92 valence electrons. The Hall–Kier alpha value is -1.73. The van der Waals surface area contributed by atoms with Crippen LogP contribution >= 0.6 is 15.9 Å². The summed E-state index contributed by atoms with van der Waals surface area (Å²) in [6.45, 7) is 2.77. The van der Waals surface area contributed by atoms with Crippen molar-refractivity contribution in [1.29, 1.82) is 5.26 Å². The van der Waals surface area contributed by atoms with E-state index in [9.17, 15) is 0 Å². The number of hydrogen-bond acceptors (Lipinski definition) is 2. The van der Waals surface area contributed by atoms with Crippen LogP contribution in [0.1, 0.15) is 16.8 Å². The number of halogens is 1. The van der Waals surface area contributed by atoms with E-state index in [1.165, 1.54) is 5.56 Å². The first-order valence-corrected chi connectivity index (χ1v) is 6.45. The zero-order valence-corrected chi connectivity index (χ0v) is 12.0. The van der Waals surface area contributed by atoms with Crippen molar-refractivity contribution >= 4 is 21.6 Å². The van der Waals surface area contributed by atoms with Crippen molar-refractivity contribution in [3.05, 3.63) is 51.8 Å². The average molecular weight is 304 g/mol. The zero-order valence-electron chi connectivity index (χ0n) is 10.4. The minimum atomic E-state index is 0.678. The van der Waals surface area contributed by atoms with E-state index in [1.54, 1.807) is 0 Å². The highest BCUT2D eigenvalue weighted by Gasteiger charge is 2.02. The van der Waals surface area contributed by atoms with Crippen LogP contribution in [0.3, 0.4) is 0 Å². The number of nitrogens with one attached hydrogen (secondary N) is 1. The van der Waals surface area contributed by atoms with Crippen molar-refractivity contribution in [1.82, 2.24) is 4.57 Å². The van der Waals surface area contributed by atoms with Crippen LogP contribution in [0, 0.1) is 18.3 Å². The molecule has 0 aliphatic rings. The molecule has 0 saturated heterocycles.